The lowest BCUT2D eigenvalue weighted by molar-refractivity contribution is 0.310. The highest BCUT2D eigenvalue weighted by atomic mass is 79.9. The summed E-state index contributed by atoms with van der Waals surface area (Å²) in [5.74, 6) is 0.324. The van der Waals surface area contributed by atoms with Crippen molar-refractivity contribution in [2.45, 2.75) is 13.1 Å². The van der Waals surface area contributed by atoms with Gasteiger partial charge in [0.25, 0.3) is 5.56 Å². The molecule has 0 radical (unpaired) electrons. The largest absolute Gasteiger partial charge is 0.309 e. The number of hydrogen-bond donors (Lipinski definition) is 1. The lowest BCUT2D eigenvalue weighted by atomic mass is 10.1. The molecule has 1 N–H and O–H groups in total. The first-order valence-corrected chi connectivity index (χ1v) is 10.4. The van der Waals surface area contributed by atoms with Gasteiger partial charge >= 0.3 is 0 Å². The van der Waals surface area contributed by atoms with Crippen LogP contribution >= 0.6 is 27.3 Å². The van der Waals surface area contributed by atoms with E-state index in [0.29, 0.717) is 22.6 Å². The molecule has 0 saturated heterocycles. The summed E-state index contributed by atoms with van der Waals surface area (Å²) in [7, 11) is 1.99. The van der Waals surface area contributed by atoms with E-state index in [1.54, 1.807) is 12.1 Å². The van der Waals surface area contributed by atoms with Crippen LogP contribution in [0.2, 0.25) is 0 Å². The molecule has 2 heterocycles. The van der Waals surface area contributed by atoms with E-state index in [2.05, 4.69) is 36.9 Å². The Balaban J connectivity index is 1.61. The van der Waals surface area contributed by atoms with Crippen LogP contribution < -0.4 is 5.56 Å². The molecule has 0 bridgehead atoms. The van der Waals surface area contributed by atoms with Crippen molar-refractivity contribution < 1.29 is 4.39 Å². The van der Waals surface area contributed by atoms with Gasteiger partial charge in [-0.3, -0.25) is 9.69 Å². The zero-order valence-electron chi connectivity index (χ0n) is 15.1. The van der Waals surface area contributed by atoms with Crippen LogP contribution in [0.15, 0.2) is 63.2 Å². The number of halogens is 2. The van der Waals surface area contributed by atoms with Crippen LogP contribution in [0.4, 0.5) is 4.39 Å². The fourth-order valence-electron chi connectivity index (χ4n) is 3.14. The van der Waals surface area contributed by atoms with E-state index >= 15 is 0 Å². The van der Waals surface area contributed by atoms with E-state index in [9.17, 15) is 9.18 Å². The molecule has 4 rings (SSSR count). The highest BCUT2D eigenvalue weighted by Crippen LogP contribution is 2.30. The maximum absolute atomic E-state index is 13.2. The van der Waals surface area contributed by atoms with E-state index in [1.165, 1.54) is 29.0 Å². The number of nitrogens with zero attached hydrogens (tertiary/aromatic N) is 2. The average Bonchev–Trinajstić information content (AvgIpc) is 3.09. The number of aromatic nitrogens is 2. The van der Waals surface area contributed by atoms with Crippen LogP contribution in [0, 0.1) is 5.82 Å². The van der Waals surface area contributed by atoms with Gasteiger partial charge in [-0.2, -0.15) is 0 Å². The number of benzene rings is 2. The number of aromatic amines is 1. The third-order valence-electron chi connectivity index (χ3n) is 4.47. The number of fused-ring (bicyclic) bond motifs is 1. The van der Waals surface area contributed by atoms with E-state index in [-0.39, 0.29) is 11.4 Å². The van der Waals surface area contributed by atoms with Crippen molar-refractivity contribution in [1.82, 2.24) is 14.9 Å². The quantitative estimate of drug-likeness (QED) is 0.448. The molecule has 28 heavy (non-hydrogen) atoms. The van der Waals surface area contributed by atoms with Gasteiger partial charge in [0.2, 0.25) is 0 Å². The highest BCUT2D eigenvalue weighted by Gasteiger charge is 2.14. The lowest BCUT2D eigenvalue weighted by Crippen LogP contribution is -2.21. The summed E-state index contributed by atoms with van der Waals surface area (Å²) in [6.07, 6.45) is 0. The average molecular weight is 458 g/mol. The molecule has 0 atom stereocenters. The molecule has 0 aliphatic heterocycles. The van der Waals surface area contributed by atoms with Crippen molar-refractivity contribution in [1.29, 1.82) is 0 Å². The Kier molecular flexibility index (Phi) is 5.39. The minimum absolute atomic E-state index is 0.171. The van der Waals surface area contributed by atoms with Crippen molar-refractivity contribution in [3.63, 3.8) is 0 Å². The summed E-state index contributed by atoms with van der Waals surface area (Å²) in [5.41, 5.74) is 2.58. The third-order valence-corrected chi connectivity index (χ3v) is 6.11. The smallest absolute Gasteiger partial charge is 0.260 e. The number of H-pyrrole nitrogens is 1. The zero-order valence-corrected chi connectivity index (χ0v) is 17.5. The van der Waals surface area contributed by atoms with Gasteiger partial charge in [0.05, 0.1) is 11.9 Å². The number of nitrogens with one attached hydrogen (secondary N) is 1. The first-order valence-electron chi connectivity index (χ1n) is 8.69. The highest BCUT2D eigenvalue weighted by molar-refractivity contribution is 9.10. The van der Waals surface area contributed by atoms with E-state index in [1.807, 2.05) is 30.6 Å². The zero-order chi connectivity index (χ0) is 19.7. The van der Waals surface area contributed by atoms with Gasteiger partial charge in [-0.05, 0) is 36.4 Å². The van der Waals surface area contributed by atoms with Crippen molar-refractivity contribution in [3.05, 3.63) is 85.9 Å². The molecule has 2 aromatic heterocycles. The van der Waals surface area contributed by atoms with Gasteiger partial charge < -0.3 is 4.98 Å². The van der Waals surface area contributed by atoms with Crippen LogP contribution in [-0.2, 0) is 13.1 Å². The van der Waals surface area contributed by atoms with Crippen LogP contribution in [-0.4, -0.2) is 21.9 Å². The van der Waals surface area contributed by atoms with Crippen LogP contribution in [0.3, 0.4) is 0 Å². The van der Waals surface area contributed by atoms with Crippen molar-refractivity contribution >= 4 is 37.5 Å². The SMILES string of the molecule is CN(Cc1nc2scc(-c3ccc(F)cc3)c2c(=O)[nH]1)Cc1ccccc1Br. The summed E-state index contributed by atoms with van der Waals surface area (Å²) in [6, 6.07) is 14.2. The molecule has 0 unspecified atom stereocenters. The van der Waals surface area contributed by atoms with Gasteiger partial charge in [-0.15, -0.1) is 11.3 Å². The van der Waals surface area contributed by atoms with Crippen molar-refractivity contribution in [2.24, 2.45) is 0 Å². The molecule has 2 aromatic carbocycles. The Morgan fingerprint density at radius 2 is 1.89 bits per heavy atom. The molecule has 4 aromatic rings. The monoisotopic (exact) mass is 457 g/mol. The fourth-order valence-corrected chi connectivity index (χ4v) is 4.52. The first kappa shape index (κ1) is 19.0. The predicted molar refractivity (Wildman–Crippen MR) is 115 cm³/mol. The van der Waals surface area contributed by atoms with E-state index in [0.717, 1.165) is 22.1 Å². The van der Waals surface area contributed by atoms with Crippen LogP contribution in [0.1, 0.15) is 11.4 Å². The Labute approximate surface area is 173 Å². The summed E-state index contributed by atoms with van der Waals surface area (Å²) in [4.78, 5) is 23.1. The Hall–Kier alpha value is -2.35. The summed E-state index contributed by atoms with van der Waals surface area (Å²) in [5, 5.41) is 2.45. The maximum atomic E-state index is 13.2. The molecular formula is C21H17BrFN3OS. The maximum Gasteiger partial charge on any atom is 0.260 e. The molecule has 142 valence electrons. The first-order chi connectivity index (χ1) is 13.5. The topological polar surface area (TPSA) is 49.0 Å². The van der Waals surface area contributed by atoms with Crippen molar-refractivity contribution in [3.8, 4) is 11.1 Å². The molecule has 0 saturated carbocycles. The Morgan fingerprint density at radius 1 is 1.14 bits per heavy atom. The summed E-state index contributed by atoms with van der Waals surface area (Å²) < 4.78 is 14.2. The lowest BCUT2D eigenvalue weighted by Gasteiger charge is -2.17. The molecule has 4 nitrogen and oxygen atoms in total. The second-order valence-electron chi connectivity index (χ2n) is 6.61. The molecule has 0 aliphatic carbocycles. The molecule has 7 heteroatoms. The van der Waals surface area contributed by atoms with Crippen LogP contribution in [0.25, 0.3) is 21.3 Å². The molecule has 0 amide bonds. The van der Waals surface area contributed by atoms with Crippen LogP contribution in [0.5, 0.6) is 0 Å². The summed E-state index contributed by atoms with van der Waals surface area (Å²) >= 11 is 4.99. The Morgan fingerprint density at radius 3 is 2.64 bits per heavy atom. The standard InChI is InChI=1S/C21H17BrFN3OS/c1-26(10-14-4-2-3-5-17(14)22)11-18-24-20(27)19-16(12-28-21(19)25-18)13-6-8-15(23)9-7-13/h2-9,12H,10-11H2,1H3,(H,24,25,27). The third kappa shape index (κ3) is 3.92. The molecule has 0 aliphatic rings. The van der Waals surface area contributed by atoms with Gasteiger partial charge in [-0.1, -0.05) is 46.3 Å². The van der Waals surface area contributed by atoms with Gasteiger partial charge in [-0.25, -0.2) is 9.37 Å². The Bertz CT molecular complexity index is 1190. The normalized spacial score (nSPS) is 11.4. The fraction of sp³-hybridized carbons (Fsp3) is 0.143. The number of thiophene rings is 1. The van der Waals surface area contributed by atoms with Gasteiger partial charge in [0.15, 0.2) is 0 Å². The number of rotatable bonds is 5. The second kappa shape index (κ2) is 7.95. The minimum atomic E-state index is -0.300. The minimum Gasteiger partial charge on any atom is -0.309 e. The number of hydrogen-bond acceptors (Lipinski definition) is 4. The van der Waals surface area contributed by atoms with Crippen molar-refractivity contribution in [2.75, 3.05) is 7.05 Å². The molecule has 0 spiro atoms. The van der Waals surface area contributed by atoms with Gasteiger partial charge in [0.1, 0.15) is 16.5 Å². The van der Waals surface area contributed by atoms with E-state index in [4.69, 9.17) is 0 Å². The predicted octanol–water partition coefficient (Wildman–Crippen LogP) is 5.19. The summed E-state index contributed by atoms with van der Waals surface area (Å²) in [6.45, 7) is 1.25. The van der Waals surface area contributed by atoms with E-state index < -0.39 is 0 Å². The second-order valence-corrected chi connectivity index (χ2v) is 8.33. The van der Waals surface area contributed by atoms with Gasteiger partial charge in [0, 0.05) is 22.0 Å². The molecular weight excluding hydrogens is 441 g/mol. The molecule has 0 fully saturated rings.